The van der Waals surface area contributed by atoms with Crippen LogP contribution in [0.1, 0.15) is 13.3 Å². The van der Waals surface area contributed by atoms with Crippen molar-refractivity contribution in [1.29, 1.82) is 0 Å². The summed E-state index contributed by atoms with van der Waals surface area (Å²) in [6.45, 7) is 2.75. The van der Waals surface area contributed by atoms with E-state index >= 15 is 0 Å². The van der Waals surface area contributed by atoms with Gasteiger partial charge < -0.3 is 11.1 Å². The molecule has 0 saturated heterocycles. The Morgan fingerprint density at radius 3 is 3.06 bits per heavy atom. The Kier molecular flexibility index (Phi) is 3.26. The average Bonchev–Trinajstić information content (AvgIpc) is 2.32. The van der Waals surface area contributed by atoms with Gasteiger partial charge >= 0.3 is 0 Å². The van der Waals surface area contributed by atoms with Crippen LogP contribution in [0.5, 0.6) is 0 Å². The zero-order valence-corrected chi connectivity index (χ0v) is 9.65. The largest absolute Gasteiger partial charge is 0.399 e. The molecule has 2 rings (SSSR count). The minimum absolute atomic E-state index is 0.0679. The molecule has 6 heteroatoms. The second kappa shape index (κ2) is 4.68. The van der Waals surface area contributed by atoms with Gasteiger partial charge in [-0.05, 0) is 13.0 Å². The highest BCUT2D eigenvalue weighted by atomic mass is 19.1. The van der Waals surface area contributed by atoms with E-state index in [0.29, 0.717) is 17.9 Å². The van der Waals surface area contributed by atoms with Crippen molar-refractivity contribution in [1.82, 2.24) is 10.3 Å². The van der Waals surface area contributed by atoms with Gasteiger partial charge in [-0.25, -0.2) is 15.2 Å². The van der Waals surface area contributed by atoms with Gasteiger partial charge in [0.25, 0.3) is 0 Å². The second-order valence-electron chi connectivity index (χ2n) is 4.03. The molecule has 0 bridgehead atoms. The van der Waals surface area contributed by atoms with Gasteiger partial charge in [-0.1, -0.05) is 0 Å². The van der Waals surface area contributed by atoms with E-state index in [2.05, 4.69) is 10.3 Å². The summed E-state index contributed by atoms with van der Waals surface area (Å²) in [6.07, 6.45) is 2.08. The second-order valence-corrected chi connectivity index (χ2v) is 4.03. The lowest BCUT2D eigenvalue weighted by Gasteiger charge is -2.30. The molecule has 5 N–H and O–H groups in total. The zero-order valence-electron chi connectivity index (χ0n) is 9.65. The maximum Gasteiger partial charge on any atom is 0.149 e. The third-order valence-corrected chi connectivity index (χ3v) is 2.86. The van der Waals surface area contributed by atoms with Crippen molar-refractivity contribution in [3.63, 3.8) is 0 Å². The van der Waals surface area contributed by atoms with Crippen molar-refractivity contribution >= 4 is 5.82 Å². The van der Waals surface area contributed by atoms with Crippen LogP contribution in [0, 0.1) is 5.82 Å². The van der Waals surface area contributed by atoms with Crippen molar-refractivity contribution in [2.75, 3.05) is 11.6 Å². The van der Waals surface area contributed by atoms with Crippen LogP contribution in [0.4, 0.5) is 10.2 Å². The van der Waals surface area contributed by atoms with Crippen LogP contribution in [0.25, 0.3) is 0 Å². The highest BCUT2D eigenvalue weighted by Gasteiger charge is 2.21. The summed E-state index contributed by atoms with van der Waals surface area (Å²) in [5.74, 6) is 5.92. The molecule has 17 heavy (non-hydrogen) atoms. The van der Waals surface area contributed by atoms with E-state index in [9.17, 15) is 4.39 Å². The van der Waals surface area contributed by atoms with Crippen LogP contribution < -0.4 is 21.9 Å². The van der Waals surface area contributed by atoms with E-state index in [1.807, 2.05) is 6.92 Å². The van der Waals surface area contributed by atoms with Crippen molar-refractivity contribution in [3.8, 4) is 0 Å². The molecule has 0 radical (unpaired) electrons. The van der Waals surface area contributed by atoms with E-state index < -0.39 is 0 Å². The van der Waals surface area contributed by atoms with E-state index in [0.717, 1.165) is 12.2 Å². The number of nitrogens with one attached hydrogen (secondary N) is 1. The van der Waals surface area contributed by atoms with Crippen LogP contribution in [-0.4, -0.2) is 17.6 Å². The monoisotopic (exact) mass is 237 g/mol. The van der Waals surface area contributed by atoms with E-state index in [-0.39, 0.29) is 11.9 Å². The summed E-state index contributed by atoms with van der Waals surface area (Å²) in [7, 11) is 0. The summed E-state index contributed by atoms with van der Waals surface area (Å²) in [6, 6.07) is 2.63. The first kappa shape index (κ1) is 11.8. The van der Waals surface area contributed by atoms with Crippen molar-refractivity contribution in [3.05, 3.63) is 35.5 Å². The highest BCUT2D eigenvalue weighted by molar-refractivity contribution is 5.46. The molecule has 1 aliphatic heterocycles. The Labute approximate surface area is 99.3 Å². The molecule has 0 aliphatic carbocycles. The van der Waals surface area contributed by atoms with Gasteiger partial charge in [0.2, 0.25) is 0 Å². The number of nitrogens with zero attached hydrogens (tertiary/aromatic N) is 2. The van der Waals surface area contributed by atoms with Crippen molar-refractivity contribution in [2.24, 2.45) is 11.6 Å². The van der Waals surface area contributed by atoms with Gasteiger partial charge in [0, 0.05) is 37.0 Å². The number of hydrogen-bond donors (Lipinski definition) is 3. The topological polar surface area (TPSA) is 80.2 Å². The number of hydrazine groups is 1. The molecule has 5 nitrogen and oxygen atoms in total. The lowest BCUT2D eigenvalue weighted by molar-refractivity contribution is 0.550. The number of hydrogen-bond acceptors (Lipinski definition) is 5. The zero-order chi connectivity index (χ0) is 12.4. The van der Waals surface area contributed by atoms with Crippen LogP contribution in [-0.2, 0) is 0 Å². The summed E-state index contributed by atoms with van der Waals surface area (Å²) in [4.78, 5) is 4.02. The summed E-state index contributed by atoms with van der Waals surface area (Å²) in [5, 5.41) is 4.58. The van der Waals surface area contributed by atoms with Crippen LogP contribution in [0.3, 0.4) is 0 Å². The Morgan fingerprint density at radius 1 is 1.59 bits per heavy atom. The van der Waals surface area contributed by atoms with Gasteiger partial charge in [0.05, 0.1) is 5.70 Å². The lowest BCUT2D eigenvalue weighted by atomic mass is 10.1. The van der Waals surface area contributed by atoms with E-state index in [4.69, 9.17) is 11.6 Å². The predicted octanol–water partition coefficient (Wildman–Crippen LogP) is 0.453. The summed E-state index contributed by atoms with van der Waals surface area (Å²) < 4.78 is 13.1. The number of pyridine rings is 1. The highest BCUT2D eigenvalue weighted by Crippen LogP contribution is 2.20. The van der Waals surface area contributed by atoms with E-state index in [1.54, 1.807) is 0 Å². The number of anilines is 1. The SMILES string of the molecule is CC1NCCC(N(N)c2cc(F)ccn2)=C1N. The predicted molar refractivity (Wildman–Crippen MR) is 64.2 cm³/mol. The van der Waals surface area contributed by atoms with Crippen LogP contribution in [0.2, 0.25) is 0 Å². The number of aromatic nitrogens is 1. The van der Waals surface area contributed by atoms with Gasteiger partial charge in [0.1, 0.15) is 11.6 Å². The first-order valence-corrected chi connectivity index (χ1v) is 5.48. The maximum absolute atomic E-state index is 13.1. The maximum atomic E-state index is 13.1. The Hall–Kier alpha value is -1.66. The number of rotatable bonds is 2. The summed E-state index contributed by atoms with van der Waals surface area (Å²) >= 11 is 0. The molecular formula is C11H16FN5. The molecule has 92 valence electrons. The Bertz CT molecular complexity index is 445. The van der Waals surface area contributed by atoms with Crippen LogP contribution in [0.15, 0.2) is 29.7 Å². The summed E-state index contributed by atoms with van der Waals surface area (Å²) in [5.41, 5.74) is 7.43. The third kappa shape index (κ3) is 2.37. The Morgan fingerprint density at radius 2 is 2.35 bits per heavy atom. The van der Waals surface area contributed by atoms with Gasteiger partial charge in [0.15, 0.2) is 0 Å². The van der Waals surface area contributed by atoms with Gasteiger partial charge in [-0.15, -0.1) is 0 Å². The number of halogens is 1. The lowest BCUT2D eigenvalue weighted by Crippen LogP contribution is -2.44. The van der Waals surface area contributed by atoms with Gasteiger partial charge in [-0.3, -0.25) is 5.01 Å². The average molecular weight is 237 g/mol. The van der Waals surface area contributed by atoms with Crippen molar-refractivity contribution in [2.45, 2.75) is 19.4 Å². The minimum atomic E-state index is -0.369. The fourth-order valence-corrected chi connectivity index (χ4v) is 1.83. The Balaban J connectivity index is 2.31. The molecule has 0 amide bonds. The van der Waals surface area contributed by atoms with E-state index in [1.165, 1.54) is 23.3 Å². The molecule has 2 heterocycles. The first-order chi connectivity index (χ1) is 8.09. The molecule has 0 fully saturated rings. The molecule has 1 aliphatic rings. The first-order valence-electron chi connectivity index (χ1n) is 5.48. The molecule has 0 aromatic carbocycles. The molecule has 1 unspecified atom stereocenters. The molecular weight excluding hydrogens is 221 g/mol. The smallest absolute Gasteiger partial charge is 0.149 e. The molecule has 1 aromatic heterocycles. The molecule has 1 aromatic rings. The van der Waals surface area contributed by atoms with Crippen molar-refractivity contribution < 1.29 is 4.39 Å². The van der Waals surface area contributed by atoms with Crippen LogP contribution >= 0.6 is 0 Å². The quantitative estimate of drug-likeness (QED) is 0.514. The van der Waals surface area contributed by atoms with Gasteiger partial charge in [-0.2, -0.15) is 0 Å². The fourth-order valence-electron chi connectivity index (χ4n) is 1.83. The fraction of sp³-hybridized carbons (Fsp3) is 0.364. The molecule has 1 atom stereocenters. The molecule has 0 spiro atoms. The standard InChI is InChI=1S/C11H16FN5/c1-7-11(13)9(3-5-15-7)17(14)10-6-8(12)2-4-16-10/h2,4,6-7,15H,3,5,13-14H2,1H3. The molecule has 0 saturated carbocycles. The number of nitrogens with two attached hydrogens (primary N) is 2. The third-order valence-electron chi connectivity index (χ3n) is 2.86. The minimum Gasteiger partial charge on any atom is -0.399 e. The normalized spacial score (nSPS) is 20.5.